The zero-order chi connectivity index (χ0) is 25.0. The van der Waals surface area contributed by atoms with Crippen molar-refractivity contribution in [3.63, 3.8) is 0 Å². The SMILES string of the molecule is CC(=O)O[C@@H]1[C@@H](OC(C)=O)[C@@H](Oc2cc(-c3ccnc(F)c3)cc(F)c2F)SC[C@H]1OC(C)=O. The van der Waals surface area contributed by atoms with Crippen molar-refractivity contribution >= 4 is 29.7 Å². The van der Waals surface area contributed by atoms with Crippen LogP contribution in [0.4, 0.5) is 13.2 Å². The van der Waals surface area contributed by atoms with Gasteiger partial charge in [0.25, 0.3) is 0 Å². The molecule has 1 fully saturated rings. The highest BCUT2D eigenvalue weighted by molar-refractivity contribution is 7.99. The van der Waals surface area contributed by atoms with Gasteiger partial charge in [0.05, 0.1) is 0 Å². The molecule has 8 nitrogen and oxygen atoms in total. The predicted octanol–water partition coefficient (Wildman–Crippen LogP) is 3.41. The van der Waals surface area contributed by atoms with Crippen LogP contribution in [0.5, 0.6) is 5.75 Å². The molecule has 2 heterocycles. The van der Waals surface area contributed by atoms with Crippen molar-refractivity contribution < 1.29 is 46.5 Å². The number of carbonyl (C=O) groups is 3. The third-order valence-corrected chi connectivity index (χ3v) is 5.82. The third kappa shape index (κ3) is 6.19. The van der Waals surface area contributed by atoms with Gasteiger partial charge in [-0.3, -0.25) is 14.4 Å². The van der Waals surface area contributed by atoms with Crippen molar-refractivity contribution in [2.75, 3.05) is 5.75 Å². The molecule has 0 amide bonds. The van der Waals surface area contributed by atoms with Crippen LogP contribution in [0.15, 0.2) is 30.5 Å². The van der Waals surface area contributed by atoms with Crippen LogP contribution in [-0.2, 0) is 28.6 Å². The molecule has 1 aromatic heterocycles. The van der Waals surface area contributed by atoms with Gasteiger partial charge in [0, 0.05) is 38.8 Å². The van der Waals surface area contributed by atoms with E-state index in [9.17, 15) is 27.6 Å². The van der Waals surface area contributed by atoms with E-state index in [0.29, 0.717) is 0 Å². The van der Waals surface area contributed by atoms with Crippen LogP contribution in [0.25, 0.3) is 11.1 Å². The maximum Gasteiger partial charge on any atom is 0.303 e. The summed E-state index contributed by atoms with van der Waals surface area (Å²) >= 11 is 0.981. The van der Waals surface area contributed by atoms with E-state index in [-0.39, 0.29) is 16.9 Å². The number of nitrogens with zero attached hydrogens (tertiary/aromatic N) is 1. The number of hydrogen-bond acceptors (Lipinski definition) is 9. The first kappa shape index (κ1) is 25.3. The Hall–Kier alpha value is -3.28. The molecule has 0 bridgehead atoms. The second kappa shape index (κ2) is 10.8. The Kier molecular flexibility index (Phi) is 8.02. The Morgan fingerprint density at radius 1 is 0.912 bits per heavy atom. The van der Waals surface area contributed by atoms with Gasteiger partial charge < -0.3 is 18.9 Å². The third-order valence-electron chi connectivity index (χ3n) is 4.60. The molecule has 182 valence electrons. The van der Waals surface area contributed by atoms with Crippen molar-refractivity contribution in [2.45, 2.75) is 44.5 Å². The molecule has 1 saturated heterocycles. The van der Waals surface area contributed by atoms with E-state index in [4.69, 9.17) is 18.9 Å². The fraction of sp³-hybridized carbons (Fsp3) is 0.364. The number of halogens is 3. The van der Waals surface area contributed by atoms with Crippen molar-refractivity contribution in [1.29, 1.82) is 0 Å². The zero-order valence-corrected chi connectivity index (χ0v) is 19.1. The average molecular weight is 499 g/mol. The quantitative estimate of drug-likeness (QED) is 0.336. The minimum Gasteiger partial charge on any atom is -0.472 e. The Bertz CT molecular complexity index is 1100. The number of hydrogen-bond donors (Lipinski definition) is 0. The second-order valence-corrected chi connectivity index (χ2v) is 8.38. The maximum atomic E-state index is 14.6. The molecule has 0 unspecified atom stereocenters. The largest absolute Gasteiger partial charge is 0.472 e. The zero-order valence-electron chi connectivity index (χ0n) is 18.3. The molecule has 4 atom stereocenters. The van der Waals surface area contributed by atoms with Crippen LogP contribution >= 0.6 is 11.8 Å². The minimum absolute atomic E-state index is 0.0410. The van der Waals surface area contributed by atoms with E-state index in [1.54, 1.807) is 0 Å². The average Bonchev–Trinajstić information content (AvgIpc) is 2.74. The summed E-state index contributed by atoms with van der Waals surface area (Å²) in [6.07, 6.45) is -2.40. The monoisotopic (exact) mass is 499 g/mol. The number of pyridine rings is 1. The summed E-state index contributed by atoms with van der Waals surface area (Å²) in [7, 11) is 0. The first-order chi connectivity index (χ1) is 16.0. The first-order valence-corrected chi connectivity index (χ1v) is 11.0. The highest BCUT2D eigenvalue weighted by Gasteiger charge is 2.48. The lowest BCUT2D eigenvalue weighted by molar-refractivity contribution is -0.186. The number of aromatic nitrogens is 1. The van der Waals surface area contributed by atoms with Gasteiger partial charge in [-0.25, -0.2) is 9.37 Å². The molecule has 0 radical (unpaired) electrons. The topological polar surface area (TPSA) is 101 Å². The molecular formula is C22H20F3NO7S. The Morgan fingerprint density at radius 2 is 1.56 bits per heavy atom. The number of benzene rings is 1. The standard InChI is InChI=1S/C22H20F3NO7S/c1-10(27)30-17-9-34-22(21(32-12(3)29)20(17)31-11(2)28)33-16-7-14(6-15(23)19(16)25)13-4-5-26-18(24)8-13/h4-8,17,20-22H,9H2,1-3H3/t17-,20+,21-,22+/m1/s1. The fourth-order valence-corrected chi connectivity index (χ4v) is 4.54. The number of rotatable bonds is 6. The molecule has 3 rings (SSSR count). The van der Waals surface area contributed by atoms with Crippen LogP contribution in [0.2, 0.25) is 0 Å². The normalized spacial score (nSPS) is 21.9. The fourth-order valence-electron chi connectivity index (χ4n) is 3.33. The van der Waals surface area contributed by atoms with Gasteiger partial charge in [-0.2, -0.15) is 8.78 Å². The summed E-state index contributed by atoms with van der Waals surface area (Å²) in [5.74, 6) is -6.09. The number of thioether (sulfide) groups is 1. The van der Waals surface area contributed by atoms with Crippen LogP contribution < -0.4 is 4.74 Å². The summed E-state index contributed by atoms with van der Waals surface area (Å²) in [4.78, 5) is 38.3. The lowest BCUT2D eigenvalue weighted by Gasteiger charge is -2.39. The molecule has 2 aromatic rings. The van der Waals surface area contributed by atoms with Crippen LogP contribution in [0, 0.1) is 17.6 Å². The highest BCUT2D eigenvalue weighted by Crippen LogP contribution is 2.37. The summed E-state index contributed by atoms with van der Waals surface area (Å²) < 4.78 is 63.9. The van der Waals surface area contributed by atoms with E-state index >= 15 is 0 Å². The maximum absolute atomic E-state index is 14.6. The van der Waals surface area contributed by atoms with E-state index in [2.05, 4.69) is 4.98 Å². The Balaban J connectivity index is 1.97. The molecule has 0 N–H and O–H groups in total. The summed E-state index contributed by atoms with van der Waals surface area (Å²) in [6, 6.07) is 4.45. The minimum atomic E-state index is -1.33. The Labute approximate surface area is 196 Å². The van der Waals surface area contributed by atoms with Crippen LogP contribution in [-0.4, -0.2) is 52.4 Å². The summed E-state index contributed by atoms with van der Waals surface area (Å²) in [5, 5.41) is 0. The van der Waals surface area contributed by atoms with Crippen molar-refractivity contribution in [3.05, 3.63) is 48.0 Å². The molecular weight excluding hydrogens is 479 g/mol. The van der Waals surface area contributed by atoms with Gasteiger partial charge >= 0.3 is 17.9 Å². The number of ether oxygens (including phenoxy) is 4. The number of carbonyl (C=O) groups excluding carboxylic acids is 3. The Morgan fingerprint density at radius 3 is 2.18 bits per heavy atom. The van der Waals surface area contributed by atoms with Crippen molar-refractivity contribution in [3.8, 4) is 16.9 Å². The highest BCUT2D eigenvalue weighted by atomic mass is 32.2. The van der Waals surface area contributed by atoms with Crippen molar-refractivity contribution in [1.82, 2.24) is 4.98 Å². The predicted molar refractivity (Wildman–Crippen MR) is 113 cm³/mol. The van der Waals surface area contributed by atoms with Crippen LogP contribution in [0.1, 0.15) is 20.8 Å². The summed E-state index contributed by atoms with van der Waals surface area (Å²) in [5.41, 5.74) is -0.843. The van der Waals surface area contributed by atoms with Gasteiger partial charge in [0.1, 0.15) is 0 Å². The van der Waals surface area contributed by atoms with Gasteiger partial charge in [0.15, 0.2) is 35.3 Å². The van der Waals surface area contributed by atoms with E-state index in [1.807, 2.05) is 0 Å². The van der Waals surface area contributed by atoms with Gasteiger partial charge in [-0.1, -0.05) is 0 Å². The molecule has 0 spiro atoms. The van der Waals surface area contributed by atoms with Gasteiger partial charge in [0.2, 0.25) is 11.8 Å². The van der Waals surface area contributed by atoms with Crippen LogP contribution in [0.3, 0.4) is 0 Å². The molecule has 0 saturated carbocycles. The van der Waals surface area contributed by atoms with E-state index in [0.717, 1.165) is 50.7 Å². The smallest absolute Gasteiger partial charge is 0.303 e. The number of esters is 3. The molecule has 34 heavy (non-hydrogen) atoms. The molecule has 1 aliphatic heterocycles. The molecule has 12 heteroatoms. The lowest BCUT2D eigenvalue weighted by atomic mass is 10.1. The van der Waals surface area contributed by atoms with Gasteiger partial charge in [-0.15, -0.1) is 11.8 Å². The van der Waals surface area contributed by atoms with E-state index in [1.165, 1.54) is 12.3 Å². The molecule has 0 aliphatic carbocycles. The molecule has 1 aliphatic rings. The van der Waals surface area contributed by atoms with E-state index < -0.39 is 65.0 Å². The second-order valence-electron chi connectivity index (χ2n) is 7.25. The first-order valence-electron chi connectivity index (χ1n) is 9.96. The van der Waals surface area contributed by atoms with Crippen molar-refractivity contribution in [2.24, 2.45) is 0 Å². The van der Waals surface area contributed by atoms with Gasteiger partial charge in [-0.05, 0) is 29.3 Å². The lowest BCUT2D eigenvalue weighted by Crippen LogP contribution is -2.55. The summed E-state index contributed by atoms with van der Waals surface area (Å²) in [6.45, 7) is 3.37. The molecule has 1 aromatic carbocycles.